The van der Waals surface area contributed by atoms with Crippen LogP contribution in [-0.2, 0) is 4.74 Å². The molecule has 1 fully saturated rings. The van der Waals surface area contributed by atoms with Crippen molar-refractivity contribution in [2.24, 2.45) is 4.99 Å². The van der Waals surface area contributed by atoms with E-state index >= 15 is 0 Å². The first-order chi connectivity index (χ1) is 14.4. The number of fused-ring (bicyclic) bond motifs is 2. The molecule has 3 aliphatic rings. The van der Waals surface area contributed by atoms with E-state index in [0.29, 0.717) is 35.2 Å². The van der Waals surface area contributed by atoms with Gasteiger partial charge in [-0.2, -0.15) is 0 Å². The normalized spacial score (nSPS) is 24.3. The summed E-state index contributed by atoms with van der Waals surface area (Å²) in [5.74, 6) is 2.54. The Morgan fingerprint density at radius 1 is 1.33 bits per heavy atom. The predicted molar refractivity (Wildman–Crippen MR) is 115 cm³/mol. The van der Waals surface area contributed by atoms with Crippen LogP contribution in [0.4, 0.5) is 5.82 Å². The van der Waals surface area contributed by atoms with Crippen LogP contribution in [0.1, 0.15) is 56.0 Å². The fourth-order valence-electron chi connectivity index (χ4n) is 4.43. The minimum absolute atomic E-state index is 0.111. The van der Waals surface area contributed by atoms with Crippen molar-refractivity contribution in [2.75, 3.05) is 20.5 Å². The van der Waals surface area contributed by atoms with Gasteiger partial charge in [0.1, 0.15) is 0 Å². The molecule has 0 amide bonds. The summed E-state index contributed by atoms with van der Waals surface area (Å²) in [6, 6.07) is 3.98. The van der Waals surface area contributed by atoms with Gasteiger partial charge in [-0.05, 0) is 51.3 Å². The smallest absolute Gasteiger partial charge is 0.271 e. The lowest BCUT2D eigenvalue weighted by Crippen LogP contribution is -2.35. The summed E-state index contributed by atoms with van der Waals surface area (Å²) in [5.41, 5.74) is 1.24. The minimum Gasteiger partial charge on any atom is -0.493 e. The van der Waals surface area contributed by atoms with Crippen LogP contribution in [0.3, 0.4) is 0 Å². The summed E-state index contributed by atoms with van der Waals surface area (Å²) in [6.07, 6.45) is 1.65. The quantitative estimate of drug-likeness (QED) is 0.792. The molecule has 1 aromatic heterocycles. The van der Waals surface area contributed by atoms with Gasteiger partial charge in [-0.25, -0.2) is 4.99 Å². The van der Waals surface area contributed by atoms with E-state index in [1.807, 2.05) is 23.7 Å². The molecular weight excluding hydrogens is 406 g/mol. The van der Waals surface area contributed by atoms with E-state index in [2.05, 4.69) is 18.9 Å². The molecule has 160 valence electrons. The summed E-state index contributed by atoms with van der Waals surface area (Å²) in [6.45, 7) is 6.96. The fraction of sp³-hybridized carbons (Fsp3) is 0.524. The molecule has 1 aromatic carbocycles. The van der Waals surface area contributed by atoms with Gasteiger partial charge in [-0.15, -0.1) is 0 Å². The average molecular weight is 432 g/mol. The predicted octanol–water partition coefficient (Wildman–Crippen LogP) is 3.93. The summed E-state index contributed by atoms with van der Waals surface area (Å²) >= 11 is 1.56. The standard InChI is InChI=1S/C21H25N3O5S/c1-11-22-19-16(20(25)23-24(19)13-5-6-29-21(2,3)9-13)18(30-11)12-7-14(26-4)17-15(8-12)27-10-28-17/h7-8,13,18H,5-6,9-10H2,1-4H3,(H,23,25)/t13-,18-/m0/s1. The van der Waals surface area contributed by atoms with Gasteiger partial charge in [-0.3, -0.25) is 14.6 Å². The molecule has 2 aromatic rings. The second kappa shape index (κ2) is 7.09. The molecule has 0 radical (unpaired) electrons. The minimum atomic E-state index is -0.233. The Bertz CT molecular complexity index is 1090. The van der Waals surface area contributed by atoms with Crippen LogP contribution in [0.25, 0.3) is 0 Å². The molecule has 0 spiro atoms. The number of benzene rings is 1. The van der Waals surface area contributed by atoms with Crippen LogP contribution in [-0.4, -0.2) is 40.9 Å². The average Bonchev–Trinajstić information content (AvgIpc) is 3.30. The number of H-pyrrole nitrogens is 1. The van der Waals surface area contributed by atoms with E-state index in [4.69, 9.17) is 23.9 Å². The Morgan fingerprint density at radius 2 is 2.17 bits per heavy atom. The molecule has 1 N–H and O–H groups in total. The van der Waals surface area contributed by atoms with Crippen molar-refractivity contribution in [3.63, 3.8) is 0 Å². The monoisotopic (exact) mass is 431 g/mol. The molecule has 4 heterocycles. The van der Waals surface area contributed by atoms with Crippen LogP contribution < -0.4 is 19.8 Å². The zero-order valence-corrected chi connectivity index (χ0v) is 18.3. The van der Waals surface area contributed by atoms with E-state index in [1.54, 1.807) is 18.9 Å². The highest BCUT2D eigenvalue weighted by Gasteiger charge is 2.36. The molecule has 30 heavy (non-hydrogen) atoms. The van der Waals surface area contributed by atoms with Gasteiger partial charge < -0.3 is 18.9 Å². The molecule has 9 heteroatoms. The molecule has 1 saturated heterocycles. The summed E-state index contributed by atoms with van der Waals surface area (Å²) in [5, 5.41) is 3.76. The molecule has 0 unspecified atom stereocenters. The zero-order chi connectivity index (χ0) is 21.0. The molecule has 0 saturated carbocycles. The third-order valence-electron chi connectivity index (χ3n) is 5.77. The van der Waals surface area contributed by atoms with Crippen molar-refractivity contribution in [3.8, 4) is 17.2 Å². The topological polar surface area (TPSA) is 87.1 Å². The second-order valence-corrected chi connectivity index (χ2v) is 9.69. The van der Waals surface area contributed by atoms with Crippen LogP contribution in [0.5, 0.6) is 17.2 Å². The molecule has 2 atom stereocenters. The number of hydrogen-bond acceptors (Lipinski definition) is 7. The highest BCUT2D eigenvalue weighted by Crippen LogP contribution is 2.50. The van der Waals surface area contributed by atoms with E-state index in [-0.39, 0.29) is 29.2 Å². The Kier molecular flexibility index (Phi) is 4.62. The van der Waals surface area contributed by atoms with E-state index in [9.17, 15) is 4.79 Å². The van der Waals surface area contributed by atoms with Crippen molar-refractivity contribution in [2.45, 2.75) is 50.5 Å². The molecule has 3 aliphatic heterocycles. The SMILES string of the molecule is COc1cc([C@@H]2SC(C)=Nc3c2c(=O)[nH]n3[C@H]2CCOC(C)(C)C2)cc2c1OCO2. The Labute approximate surface area is 178 Å². The number of nitrogens with zero attached hydrogens (tertiary/aromatic N) is 2. The van der Waals surface area contributed by atoms with Crippen LogP contribution in [0.15, 0.2) is 21.9 Å². The third kappa shape index (κ3) is 3.20. The first-order valence-corrected chi connectivity index (χ1v) is 10.9. The van der Waals surface area contributed by atoms with E-state index in [0.717, 1.165) is 23.4 Å². The lowest BCUT2D eigenvalue weighted by molar-refractivity contribution is -0.0705. The maximum Gasteiger partial charge on any atom is 0.271 e. The summed E-state index contributed by atoms with van der Waals surface area (Å²) in [4.78, 5) is 17.9. The Morgan fingerprint density at radius 3 is 2.93 bits per heavy atom. The van der Waals surface area contributed by atoms with Gasteiger partial charge in [0, 0.05) is 6.61 Å². The third-order valence-corrected chi connectivity index (χ3v) is 6.95. The first-order valence-electron chi connectivity index (χ1n) is 10.0. The maximum absolute atomic E-state index is 13.1. The number of aliphatic imine (C=N–C) groups is 1. The number of rotatable bonds is 3. The lowest BCUT2D eigenvalue weighted by atomic mass is 9.94. The Balaban J connectivity index is 1.60. The molecule has 5 rings (SSSR count). The second-order valence-electron chi connectivity index (χ2n) is 8.39. The molecule has 0 aliphatic carbocycles. The van der Waals surface area contributed by atoms with Crippen molar-refractivity contribution in [1.29, 1.82) is 0 Å². The molecule has 8 nitrogen and oxygen atoms in total. The highest BCUT2D eigenvalue weighted by atomic mass is 32.2. The van der Waals surface area contributed by atoms with Crippen molar-refractivity contribution < 1.29 is 18.9 Å². The van der Waals surface area contributed by atoms with Gasteiger partial charge in [0.05, 0.1) is 34.6 Å². The number of thioether (sulfide) groups is 1. The van der Waals surface area contributed by atoms with E-state index < -0.39 is 0 Å². The van der Waals surface area contributed by atoms with Crippen molar-refractivity contribution in [3.05, 3.63) is 33.6 Å². The number of aromatic amines is 1. The summed E-state index contributed by atoms with van der Waals surface area (Å²) < 4.78 is 24.4. The van der Waals surface area contributed by atoms with Crippen molar-refractivity contribution >= 4 is 22.6 Å². The molecule has 0 bridgehead atoms. The fourth-order valence-corrected chi connectivity index (χ4v) is 5.51. The lowest BCUT2D eigenvalue weighted by Gasteiger charge is -2.36. The van der Waals surface area contributed by atoms with E-state index in [1.165, 1.54) is 0 Å². The zero-order valence-electron chi connectivity index (χ0n) is 17.5. The van der Waals surface area contributed by atoms with Crippen LogP contribution in [0, 0.1) is 0 Å². The largest absolute Gasteiger partial charge is 0.493 e. The van der Waals surface area contributed by atoms with Gasteiger partial charge in [0.15, 0.2) is 17.3 Å². The first kappa shape index (κ1) is 19.6. The molecular formula is C21H25N3O5S. The summed E-state index contributed by atoms with van der Waals surface area (Å²) in [7, 11) is 1.60. The van der Waals surface area contributed by atoms with Gasteiger partial charge in [-0.1, -0.05) is 11.8 Å². The van der Waals surface area contributed by atoms with Gasteiger partial charge in [0.2, 0.25) is 12.5 Å². The van der Waals surface area contributed by atoms with Gasteiger partial charge in [0.25, 0.3) is 5.56 Å². The number of nitrogens with one attached hydrogen (secondary N) is 1. The highest BCUT2D eigenvalue weighted by molar-refractivity contribution is 8.14. The Hall–Kier alpha value is -2.39. The van der Waals surface area contributed by atoms with Crippen LogP contribution >= 0.6 is 11.8 Å². The number of ether oxygens (including phenoxy) is 4. The van der Waals surface area contributed by atoms with Crippen LogP contribution in [0.2, 0.25) is 0 Å². The number of methoxy groups -OCH3 is 1. The van der Waals surface area contributed by atoms with Crippen molar-refractivity contribution in [1.82, 2.24) is 9.78 Å². The van der Waals surface area contributed by atoms with Gasteiger partial charge >= 0.3 is 0 Å². The maximum atomic E-state index is 13.1. The number of aromatic nitrogens is 2. The number of hydrogen-bond donors (Lipinski definition) is 1.